The Kier molecular flexibility index (Phi) is 3.03. The molecule has 1 aromatic carbocycles. The molecule has 0 radical (unpaired) electrons. The summed E-state index contributed by atoms with van der Waals surface area (Å²) in [7, 11) is 0. The van der Waals surface area contributed by atoms with Crippen LogP contribution in [0.2, 0.25) is 0 Å². The van der Waals surface area contributed by atoms with Gasteiger partial charge in [0.15, 0.2) is 0 Å². The number of nitrogens with zero attached hydrogens (tertiary/aromatic N) is 4. The minimum absolute atomic E-state index is 0.412. The van der Waals surface area contributed by atoms with Crippen LogP contribution in [0.4, 0.5) is 5.95 Å². The second-order valence-corrected chi connectivity index (χ2v) is 5.47. The molecule has 0 amide bonds. The highest BCUT2D eigenvalue weighted by Gasteiger charge is 2.25. The van der Waals surface area contributed by atoms with E-state index in [4.69, 9.17) is 4.98 Å². The molecule has 1 fully saturated rings. The van der Waals surface area contributed by atoms with E-state index in [-0.39, 0.29) is 0 Å². The lowest BCUT2D eigenvalue weighted by molar-refractivity contribution is 0.489. The Balaban J connectivity index is 1.60. The van der Waals surface area contributed by atoms with E-state index in [9.17, 15) is 0 Å². The highest BCUT2D eigenvalue weighted by Crippen LogP contribution is 2.28. The fourth-order valence-electron chi connectivity index (χ4n) is 3.00. The van der Waals surface area contributed by atoms with E-state index in [0.717, 1.165) is 48.7 Å². The maximum Gasteiger partial charge on any atom is 0.225 e. The standard InChI is InChI=1S/C16H17N5/c1-2-7-14-13(6-1)19-15(20-14)12-5-3-10-21(11-12)16-17-8-4-9-18-16/h1-2,4,6-9,12H,3,5,10-11H2,(H,19,20)/t12-/m1/s1. The van der Waals surface area contributed by atoms with Crippen LogP contribution < -0.4 is 4.90 Å². The van der Waals surface area contributed by atoms with Crippen molar-refractivity contribution in [2.45, 2.75) is 18.8 Å². The topological polar surface area (TPSA) is 57.7 Å². The molecule has 21 heavy (non-hydrogen) atoms. The third kappa shape index (κ3) is 2.35. The van der Waals surface area contributed by atoms with E-state index < -0.39 is 0 Å². The predicted molar refractivity (Wildman–Crippen MR) is 82.3 cm³/mol. The minimum atomic E-state index is 0.412. The van der Waals surface area contributed by atoms with E-state index in [2.05, 4.69) is 32.0 Å². The number of hydrogen-bond donors (Lipinski definition) is 1. The molecular weight excluding hydrogens is 262 g/mol. The molecule has 5 heteroatoms. The number of anilines is 1. The quantitative estimate of drug-likeness (QED) is 0.783. The molecule has 1 saturated heterocycles. The van der Waals surface area contributed by atoms with Gasteiger partial charge in [0.2, 0.25) is 5.95 Å². The lowest BCUT2D eigenvalue weighted by Crippen LogP contribution is -2.35. The summed E-state index contributed by atoms with van der Waals surface area (Å²) in [4.78, 5) is 19.2. The molecule has 0 unspecified atom stereocenters. The van der Waals surface area contributed by atoms with Gasteiger partial charge in [0.25, 0.3) is 0 Å². The zero-order valence-corrected chi connectivity index (χ0v) is 11.7. The molecule has 2 aromatic heterocycles. The monoisotopic (exact) mass is 279 g/mol. The molecule has 4 rings (SSSR count). The van der Waals surface area contributed by atoms with Gasteiger partial charge < -0.3 is 9.88 Å². The molecule has 0 saturated carbocycles. The zero-order valence-electron chi connectivity index (χ0n) is 11.7. The number of aromatic nitrogens is 4. The minimum Gasteiger partial charge on any atom is -0.342 e. The molecule has 1 atom stereocenters. The van der Waals surface area contributed by atoms with E-state index in [1.165, 1.54) is 0 Å². The number of benzene rings is 1. The highest BCUT2D eigenvalue weighted by molar-refractivity contribution is 5.74. The highest BCUT2D eigenvalue weighted by atomic mass is 15.3. The van der Waals surface area contributed by atoms with Gasteiger partial charge >= 0.3 is 0 Å². The van der Waals surface area contributed by atoms with Crippen molar-refractivity contribution in [3.63, 3.8) is 0 Å². The molecule has 0 aliphatic carbocycles. The Bertz CT molecular complexity index is 704. The van der Waals surface area contributed by atoms with Gasteiger partial charge in [0.05, 0.1) is 11.0 Å². The van der Waals surface area contributed by atoms with Gasteiger partial charge in [-0.2, -0.15) is 0 Å². The van der Waals surface area contributed by atoms with Crippen molar-refractivity contribution in [2.75, 3.05) is 18.0 Å². The Labute approximate surface area is 123 Å². The fraction of sp³-hybridized carbons (Fsp3) is 0.312. The van der Waals surface area contributed by atoms with Gasteiger partial charge in [-0.25, -0.2) is 15.0 Å². The molecule has 1 N–H and O–H groups in total. The number of piperidine rings is 1. The predicted octanol–water partition coefficient (Wildman–Crippen LogP) is 2.74. The van der Waals surface area contributed by atoms with Crippen molar-refractivity contribution in [3.05, 3.63) is 48.5 Å². The van der Waals surface area contributed by atoms with E-state index >= 15 is 0 Å². The summed E-state index contributed by atoms with van der Waals surface area (Å²) in [6, 6.07) is 10.0. The van der Waals surface area contributed by atoms with Gasteiger partial charge in [-0.1, -0.05) is 12.1 Å². The fourth-order valence-corrected chi connectivity index (χ4v) is 3.00. The van der Waals surface area contributed by atoms with Crippen LogP contribution in [0.15, 0.2) is 42.7 Å². The molecule has 3 heterocycles. The molecular formula is C16H17N5. The lowest BCUT2D eigenvalue weighted by Gasteiger charge is -2.31. The van der Waals surface area contributed by atoms with Crippen LogP contribution >= 0.6 is 0 Å². The van der Waals surface area contributed by atoms with Gasteiger partial charge in [-0.05, 0) is 31.0 Å². The molecule has 1 aliphatic heterocycles. The normalized spacial score (nSPS) is 19.0. The zero-order chi connectivity index (χ0) is 14.1. The number of para-hydroxylation sites is 2. The van der Waals surface area contributed by atoms with Crippen LogP contribution in [-0.4, -0.2) is 33.0 Å². The Morgan fingerprint density at radius 1 is 1.10 bits per heavy atom. The van der Waals surface area contributed by atoms with Crippen molar-refractivity contribution in [1.29, 1.82) is 0 Å². The summed E-state index contributed by atoms with van der Waals surface area (Å²) >= 11 is 0. The third-order valence-corrected chi connectivity index (χ3v) is 4.05. The van der Waals surface area contributed by atoms with Crippen molar-refractivity contribution >= 4 is 17.0 Å². The first kappa shape index (κ1) is 12.3. The number of aromatic amines is 1. The van der Waals surface area contributed by atoms with Gasteiger partial charge in [-0.15, -0.1) is 0 Å². The molecule has 5 nitrogen and oxygen atoms in total. The summed E-state index contributed by atoms with van der Waals surface area (Å²) in [5, 5.41) is 0. The maximum absolute atomic E-state index is 4.74. The maximum atomic E-state index is 4.74. The van der Waals surface area contributed by atoms with E-state index in [1.54, 1.807) is 12.4 Å². The summed E-state index contributed by atoms with van der Waals surface area (Å²) in [5.41, 5.74) is 2.15. The Hall–Kier alpha value is -2.43. The van der Waals surface area contributed by atoms with Crippen molar-refractivity contribution in [2.24, 2.45) is 0 Å². The molecule has 0 spiro atoms. The van der Waals surface area contributed by atoms with Crippen LogP contribution in [0.3, 0.4) is 0 Å². The Morgan fingerprint density at radius 3 is 2.81 bits per heavy atom. The van der Waals surface area contributed by atoms with Crippen LogP contribution in [0.1, 0.15) is 24.6 Å². The van der Waals surface area contributed by atoms with Crippen molar-refractivity contribution in [1.82, 2.24) is 19.9 Å². The van der Waals surface area contributed by atoms with Gasteiger partial charge in [-0.3, -0.25) is 0 Å². The molecule has 3 aromatic rings. The number of H-pyrrole nitrogens is 1. The van der Waals surface area contributed by atoms with Crippen molar-refractivity contribution < 1.29 is 0 Å². The largest absolute Gasteiger partial charge is 0.342 e. The average Bonchev–Trinajstić information content (AvgIpc) is 3.00. The van der Waals surface area contributed by atoms with E-state index in [1.807, 2.05) is 18.2 Å². The first-order valence-corrected chi connectivity index (χ1v) is 7.37. The number of fused-ring (bicyclic) bond motifs is 1. The van der Waals surface area contributed by atoms with Crippen molar-refractivity contribution in [3.8, 4) is 0 Å². The summed E-state index contributed by atoms with van der Waals surface area (Å²) < 4.78 is 0. The summed E-state index contributed by atoms with van der Waals surface area (Å²) in [5.74, 6) is 2.31. The Morgan fingerprint density at radius 2 is 1.95 bits per heavy atom. The third-order valence-electron chi connectivity index (χ3n) is 4.05. The van der Waals surface area contributed by atoms with E-state index in [0.29, 0.717) is 5.92 Å². The second-order valence-electron chi connectivity index (χ2n) is 5.47. The number of nitrogens with one attached hydrogen (secondary N) is 1. The summed E-state index contributed by atoms with van der Waals surface area (Å²) in [6.07, 6.45) is 5.89. The van der Waals surface area contributed by atoms with Crippen LogP contribution in [0, 0.1) is 0 Å². The summed E-state index contributed by atoms with van der Waals surface area (Å²) in [6.45, 7) is 1.94. The molecule has 0 bridgehead atoms. The number of rotatable bonds is 2. The molecule has 106 valence electrons. The molecule has 1 aliphatic rings. The second kappa shape index (κ2) is 5.16. The van der Waals surface area contributed by atoms with Crippen LogP contribution in [0.5, 0.6) is 0 Å². The van der Waals surface area contributed by atoms with Gasteiger partial charge in [0, 0.05) is 31.4 Å². The number of hydrogen-bond acceptors (Lipinski definition) is 4. The first-order chi connectivity index (χ1) is 10.4. The SMILES string of the molecule is c1cnc(N2CCC[C@@H](c3nc4ccccc4[nH]3)C2)nc1. The average molecular weight is 279 g/mol. The van der Waals surface area contributed by atoms with Crippen LogP contribution in [0.25, 0.3) is 11.0 Å². The number of imidazole rings is 1. The first-order valence-electron chi connectivity index (χ1n) is 7.37. The van der Waals surface area contributed by atoms with Gasteiger partial charge in [0.1, 0.15) is 5.82 Å². The van der Waals surface area contributed by atoms with Crippen LogP contribution in [-0.2, 0) is 0 Å². The lowest BCUT2D eigenvalue weighted by atomic mass is 9.98. The smallest absolute Gasteiger partial charge is 0.225 e.